The second kappa shape index (κ2) is 5.84. The fraction of sp³-hybridized carbons (Fsp3) is 0.273. The van der Waals surface area contributed by atoms with Gasteiger partial charge in [0, 0.05) is 6.08 Å². The van der Waals surface area contributed by atoms with Crippen LogP contribution in [0, 0.1) is 0 Å². The maximum Gasteiger partial charge on any atom is 0.410 e. The fourth-order valence-electron chi connectivity index (χ4n) is 1.01. The predicted octanol–water partition coefficient (Wildman–Crippen LogP) is 4.25. The molecule has 1 aromatic rings. The highest BCUT2D eigenvalue weighted by Gasteiger charge is 2.21. The lowest BCUT2D eigenvalue weighted by Crippen LogP contribution is -1.99. The van der Waals surface area contributed by atoms with Crippen molar-refractivity contribution in [2.24, 2.45) is 0 Å². The summed E-state index contributed by atoms with van der Waals surface area (Å²) in [5.74, 6) is 0.599. The van der Waals surface area contributed by atoms with Gasteiger partial charge in [-0.25, -0.2) is 0 Å². The Morgan fingerprint density at radius 2 is 2.00 bits per heavy atom. The van der Waals surface area contributed by atoms with Crippen LogP contribution in [0.4, 0.5) is 13.2 Å². The SMILES string of the molecule is CCOc1ccccc1S/C=C/C(F)(F)F. The third-order valence-corrected chi connectivity index (χ3v) is 2.46. The molecular weight excluding hydrogens is 237 g/mol. The van der Waals surface area contributed by atoms with Crippen molar-refractivity contribution in [1.29, 1.82) is 0 Å². The van der Waals surface area contributed by atoms with Crippen LogP contribution in [0.2, 0.25) is 0 Å². The molecule has 0 aliphatic carbocycles. The van der Waals surface area contributed by atoms with Crippen molar-refractivity contribution in [3.63, 3.8) is 0 Å². The predicted molar refractivity (Wildman–Crippen MR) is 58.7 cm³/mol. The van der Waals surface area contributed by atoms with E-state index in [4.69, 9.17) is 4.74 Å². The normalized spacial score (nSPS) is 12.0. The van der Waals surface area contributed by atoms with Gasteiger partial charge in [-0.05, 0) is 24.5 Å². The van der Waals surface area contributed by atoms with Gasteiger partial charge in [0.15, 0.2) is 0 Å². The summed E-state index contributed by atoms with van der Waals surface area (Å²) in [4.78, 5) is 0.671. The highest BCUT2D eigenvalue weighted by Crippen LogP contribution is 2.31. The molecule has 0 atom stereocenters. The van der Waals surface area contributed by atoms with E-state index in [2.05, 4.69) is 0 Å². The first-order valence-electron chi connectivity index (χ1n) is 4.66. The first-order chi connectivity index (χ1) is 7.53. The molecule has 0 bridgehead atoms. The molecule has 5 heteroatoms. The molecule has 0 unspecified atom stereocenters. The van der Waals surface area contributed by atoms with Crippen molar-refractivity contribution in [3.8, 4) is 5.75 Å². The minimum absolute atomic E-state index is 0.209. The van der Waals surface area contributed by atoms with E-state index in [0.717, 1.165) is 17.2 Å². The molecule has 0 saturated heterocycles. The smallest absolute Gasteiger partial charge is 0.410 e. The highest BCUT2D eigenvalue weighted by molar-refractivity contribution is 8.02. The Morgan fingerprint density at radius 3 is 2.62 bits per heavy atom. The zero-order valence-electron chi connectivity index (χ0n) is 8.62. The lowest BCUT2D eigenvalue weighted by atomic mass is 10.3. The first kappa shape index (κ1) is 13.0. The van der Waals surface area contributed by atoms with Crippen LogP contribution in [0.5, 0.6) is 5.75 Å². The van der Waals surface area contributed by atoms with Gasteiger partial charge in [0.25, 0.3) is 0 Å². The van der Waals surface area contributed by atoms with Gasteiger partial charge >= 0.3 is 6.18 Å². The van der Waals surface area contributed by atoms with Gasteiger partial charge in [-0.3, -0.25) is 0 Å². The van der Waals surface area contributed by atoms with Gasteiger partial charge in [-0.1, -0.05) is 23.9 Å². The summed E-state index contributed by atoms with van der Waals surface area (Å²) < 4.78 is 40.9. The molecule has 1 aromatic carbocycles. The van der Waals surface area contributed by atoms with Gasteiger partial charge < -0.3 is 4.74 Å². The van der Waals surface area contributed by atoms with Gasteiger partial charge in [-0.15, -0.1) is 0 Å². The Balaban J connectivity index is 2.69. The molecule has 1 rings (SSSR count). The molecule has 16 heavy (non-hydrogen) atoms. The van der Waals surface area contributed by atoms with Crippen molar-refractivity contribution in [2.45, 2.75) is 18.0 Å². The quantitative estimate of drug-likeness (QED) is 0.736. The van der Waals surface area contributed by atoms with Crippen molar-refractivity contribution in [2.75, 3.05) is 6.61 Å². The standard InChI is InChI=1S/C11H11F3OS/c1-2-15-9-5-3-4-6-10(9)16-8-7-11(12,13)14/h3-8H,2H2,1H3/b8-7+. The maximum atomic E-state index is 11.9. The van der Waals surface area contributed by atoms with Crippen LogP contribution in [0.3, 0.4) is 0 Å². The molecule has 88 valence electrons. The largest absolute Gasteiger partial charge is 0.493 e. The van der Waals surface area contributed by atoms with Crippen LogP contribution in [-0.4, -0.2) is 12.8 Å². The molecule has 0 radical (unpaired) electrons. The minimum Gasteiger partial charge on any atom is -0.493 e. The first-order valence-corrected chi connectivity index (χ1v) is 5.54. The van der Waals surface area contributed by atoms with Crippen LogP contribution in [-0.2, 0) is 0 Å². The van der Waals surface area contributed by atoms with Crippen molar-refractivity contribution >= 4 is 11.8 Å². The van der Waals surface area contributed by atoms with Crippen LogP contribution >= 0.6 is 11.8 Å². The number of benzene rings is 1. The van der Waals surface area contributed by atoms with E-state index in [9.17, 15) is 13.2 Å². The molecule has 0 spiro atoms. The number of hydrogen-bond acceptors (Lipinski definition) is 2. The number of thioether (sulfide) groups is 1. The van der Waals surface area contributed by atoms with E-state index in [1.807, 2.05) is 6.92 Å². The lowest BCUT2D eigenvalue weighted by Gasteiger charge is -2.07. The molecule has 0 saturated carbocycles. The lowest BCUT2D eigenvalue weighted by molar-refractivity contribution is -0.0796. The summed E-state index contributed by atoms with van der Waals surface area (Å²) in [5, 5.41) is 1.01. The van der Waals surface area contributed by atoms with E-state index < -0.39 is 6.18 Å². The van der Waals surface area contributed by atoms with Crippen molar-refractivity contribution in [3.05, 3.63) is 35.7 Å². The van der Waals surface area contributed by atoms with Gasteiger partial charge in [-0.2, -0.15) is 13.2 Å². The second-order valence-electron chi connectivity index (χ2n) is 2.84. The highest BCUT2D eigenvalue weighted by atomic mass is 32.2. The maximum absolute atomic E-state index is 11.9. The molecule has 0 heterocycles. The molecule has 0 N–H and O–H groups in total. The molecule has 0 aromatic heterocycles. The van der Waals surface area contributed by atoms with E-state index in [1.165, 1.54) is 0 Å². The Hall–Kier alpha value is -1.10. The number of para-hydroxylation sites is 1. The van der Waals surface area contributed by atoms with Crippen molar-refractivity contribution < 1.29 is 17.9 Å². The van der Waals surface area contributed by atoms with E-state index in [-0.39, 0.29) is 6.08 Å². The number of allylic oxidation sites excluding steroid dienone is 1. The molecule has 0 amide bonds. The third kappa shape index (κ3) is 4.61. The number of halogens is 3. The minimum atomic E-state index is -4.27. The zero-order chi connectivity index (χ0) is 12.0. The summed E-state index contributed by atoms with van der Waals surface area (Å²) in [6.07, 6.45) is -4.06. The number of ether oxygens (including phenoxy) is 1. The average Bonchev–Trinajstić information content (AvgIpc) is 2.19. The van der Waals surface area contributed by atoms with Crippen LogP contribution in [0.15, 0.2) is 40.6 Å². The topological polar surface area (TPSA) is 9.23 Å². The van der Waals surface area contributed by atoms with E-state index in [1.54, 1.807) is 24.3 Å². The molecule has 0 aliphatic rings. The van der Waals surface area contributed by atoms with Crippen LogP contribution in [0.1, 0.15) is 6.92 Å². The number of hydrogen-bond donors (Lipinski definition) is 0. The summed E-state index contributed by atoms with van der Waals surface area (Å²) >= 11 is 0.988. The summed E-state index contributed by atoms with van der Waals surface area (Å²) in [5.41, 5.74) is 0. The Morgan fingerprint density at radius 1 is 1.31 bits per heavy atom. The fourth-order valence-corrected chi connectivity index (χ4v) is 1.78. The summed E-state index contributed by atoms with van der Waals surface area (Å²) in [6.45, 7) is 2.31. The molecule has 1 nitrogen and oxygen atoms in total. The van der Waals surface area contributed by atoms with Crippen LogP contribution in [0.25, 0.3) is 0 Å². The Labute approximate surface area is 96.3 Å². The van der Waals surface area contributed by atoms with Gasteiger partial charge in [0.2, 0.25) is 0 Å². The summed E-state index contributed by atoms with van der Waals surface area (Å²) in [6, 6.07) is 6.98. The number of alkyl halides is 3. The molecular formula is C11H11F3OS. The second-order valence-corrected chi connectivity index (χ2v) is 3.79. The van der Waals surface area contributed by atoms with Gasteiger partial charge in [0.1, 0.15) is 5.75 Å². The Kier molecular flexibility index (Phi) is 4.73. The van der Waals surface area contributed by atoms with Crippen LogP contribution < -0.4 is 4.74 Å². The molecule has 0 fully saturated rings. The Bertz CT molecular complexity index is 360. The van der Waals surface area contributed by atoms with Crippen molar-refractivity contribution in [1.82, 2.24) is 0 Å². The third-order valence-electron chi connectivity index (χ3n) is 1.60. The molecule has 0 aliphatic heterocycles. The van der Waals surface area contributed by atoms with Gasteiger partial charge in [0.05, 0.1) is 11.5 Å². The van der Waals surface area contributed by atoms with E-state index in [0.29, 0.717) is 17.3 Å². The summed E-state index contributed by atoms with van der Waals surface area (Å²) in [7, 11) is 0. The average molecular weight is 248 g/mol. The van der Waals surface area contributed by atoms with E-state index >= 15 is 0 Å². The monoisotopic (exact) mass is 248 g/mol. The zero-order valence-corrected chi connectivity index (χ0v) is 9.44. The number of rotatable bonds is 4.